The van der Waals surface area contributed by atoms with Crippen LogP contribution in [0.15, 0.2) is 11.6 Å². The summed E-state index contributed by atoms with van der Waals surface area (Å²) in [6, 6.07) is -0.144. The van der Waals surface area contributed by atoms with Crippen molar-refractivity contribution in [2.75, 3.05) is 6.61 Å². The molecule has 0 aliphatic carbocycles. The lowest BCUT2D eigenvalue weighted by Gasteiger charge is -2.37. The van der Waals surface area contributed by atoms with Crippen molar-refractivity contribution in [1.82, 2.24) is 5.32 Å². The number of hydrogen-bond donors (Lipinski definition) is 1. The van der Waals surface area contributed by atoms with Crippen LogP contribution in [0.4, 0.5) is 4.79 Å². The van der Waals surface area contributed by atoms with Gasteiger partial charge in [0.15, 0.2) is 8.32 Å². The number of allylic oxidation sites excluding steroid dienone is 1. The van der Waals surface area contributed by atoms with E-state index >= 15 is 0 Å². The van der Waals surface area contributed by atoms with Crippen LogP contribution in [-0.4, -0.2) is 32.7 Å². The lowest BCUT2D eigenvalue weighted by Crippen LogP contribution is -2.47. The van der Waals surface area contributed by atoms with Gasteiger partial charge in [-0.1, -0.05) is 39.3 Å². The van der Waals surface area contributed by atoms with Gasteiger partial charge in [-0.3, -0.25) is 0 Å². The molecule has 0 aliphatic heterocycles. The summed E-state index contributed by atoms with van der Waals surface area (Å²) in [5, 5.41) is 3.11. The largest absolute Gasteiger partial charge is 0.444 e. The zero-order valence-electron chi connectivity index (χ0n) is 16.8. The van der Waals surface area contributed by atoms with Crippen LogP contribution in [0.1, 0.15) is 61.8 Å². The summed E-state index contributed by atoms with van der Waals surface area (Å²) in [6.07, 6.45) is 2.53. The van der Waals surface area contributed by atoms with Gasteiger partial charge in [-0.25, -0.2) is 4.79 Å². The zero-order chi connectivity index (χ0) is 18.5. The Labute approximate surface area is 144 Å². The standard InChI is InChI=1S/C18H37NO3Si/c1-11-14(12-2)15(19-16(20)22-17(3,4)5)13-21-23(9,10)18(6,7)8/h11,15H,12-13H2,1-10H3,(H,19,20)/b14-11+. The molecular weight excluding hydrogens is 306 g/mol. The average Bonchev–Trinajstić information content (AvgIpc) is 2.33. The number of nitrogens with one attached hydrogen (secondary N) is 1. The van der Waals surface area contributed by atoms with Gasteiger partial charge in [0.2, 0.25) is 0 Å². The maximum Gasteiger partial charge on any atom is 0.408 e. The number of carbonyl (C=O) groups is 1. The normalized spacial score (nSPS) is 15.3. The monoisotopic (exact) mass is 343 g/mol. The summed E-state index contributed by atoms with van der Waals surface area (Å²) >= 11 is 0. The van der Waals surface area contributed by atoms with Crippen LogP contribution < -0.4 is 5.32 Å². The van der Waals surface area contributed by atoms with Gasteiger partial charge < -0.3 is 14.5 Å². The summed E-state index contributed by atoms with van der Waals surface area (Å²) in [4.78, 5) is 12.1. The highest BCUT2D eigenvalue weighted by atomic mass is 28.4. The van der Waals surface area contributed by atoms with Crippen molar-refractivity contribution < 1.29 is 14.0 Å². The molecule has 1 atom stereocenters. The SMILES string of the molecule is C/C=C(\CC)C(CO[Si](C)(C)C(C)(C)C)NC(=O)OC(C)(C)C. The molecular formula is C18H37NO3Si. The van der Waals surface area contributed by atoms with E-state index in [1.165, 1.54) is 0 Å². The first kappa shape index (κ1) is 22.2. The van der Waals surface area contributed by atoms with Crippen LogP contribution in [0.25, 0.3) is 0 Å². The smallest absolute Gasteiger partial charge is 0.408 e. The Morgan fingerprint density at radius 3 is 2.04 bits per heavy atom. The molecule has 4 nitrogen and oxygen atoms in total. The molecule has 0 spiro atoms. The summed E-state index contributed by atoms with van der Waals surface area (Å²) in [6.45, 7) is 21.3. The summed E-state index contributed by atoms with van der Waals surface area (Å²) in [5.41, 5.74) is 0.659. The number of carbonyl (C=O) groups excluding carboxylic acids is 1. The van der Waals surface area contributed by atoms with Crippen LogP contribution in [-0.2, 0) is 9.16 Å². The molecule has 1 unspecified atom stereocenters. The lowest BCUT2D eigenvalue weighted by molar-refractivity contribution is 0.0495. The molecule has 0 radical (unpaired) electrons. The molecule has 0 rings (SSSR count). The maximum atomic E-state index is 12.1. The van der Waals surface area contributed by atoms with Crippen molar-refractivity contribution in [3.63, 3.8) is 0 Å². The predicted octanol–water partition coefficient (Wildman–Crippen LogP) is 5.26. The fraction of sp³-hybridized carbons (Fsp3) is 0.833. The fourth-order valence-electron chi connectivity index (χ4n) is 1.85. The van der Waals surface area contributed by atoms with E-state index in [9.17, 15) is 4.79 Å². The van der Waals surface area contributed by atoms with Crippen molar-refractivity contribution in [3.05, 3.63) is 11.6 Å². The second-order valence-corrected chi connectivity index (χ2v) is 13.3. The fourth-order valence-corrected chi connectivity index (χ4v) is 2.87. The molecule has 0 bridgehead atoms. The first-order valence-corrected chi connectivity index (χ1v) is 11.4. The first-order chi connectivity index (χ1) is 10.2. The molecule has 1 amide bonds. The van der Waals surface area contributed by atoms with Crippen molar-refractivity contribution in [2.24, 2.45) is 0 Å². The topological polar surface area (TPSA) is 47.6 Å². The van der Waals surface area contributed by atoms with Crippen molar-refractivity contribution in [2.45, 2.75) is 91.6 Å². The molecule has 23 heavy (non-hydrogen) atoms. The average molecular weight is 344 g/mol. The summed E-state index contributed by atoms with van der Waals surface area (Å²) in [5.74, 6) is 0. The minimum Gasteiger partial charge on any atom is -0.444 e. The molecule has 1 N–H and O–H groups in total. The second-order valence-electron chi connectivity index (χ2n) is 8.49. The van der Waals surface area contributed by atoms with Crippen molar-refractivity contribution in [3.8, 4) is 0 Å². The Morgan fingerprint density at radius 2 is 1.70 bits per heavy atom. The lowest BCUT2D eigenvalue weighted by atomic mass is 10.1. The molecule has 0 fully saturated rings. The van der Waals surface area contributed by atoms with E-state index < -0.39 is 20.0 Å². The molecule has 0 aromatic carbocycles. The van der Waals surface area contributed by atoms with Gasteiger partial charge in [0, 0.05) is 0 Å². The van der Waals surface area contributed by atoms with Crippen LogP contribution in [0.5, 0.6) is 0 Å². The van der Waals surface area contributed by atoms with E-state index in [0.29, 0.717) is 6.61 Å². The Kier molecular flexibility index (Phi) is 8.04. The summed E-state index contributed by atoms with van der Waals surface area (Å²) in [7, 11) is -1.86. The minimum atomic E-state index is -1.86. The Morgan fingerprint density at radius 1 is 1.17 bits per heavy atom. The van der Waals surface area contributed by atoms with Crippen LogP contribution in [0.3, 0.4) is 0 Å². The molecule has 0 saturated heterocycles. The van der Waals surface area contributed by atoms with Crippen molar-refractivity contribution in [1.29, 1.82) is 0 Å². The quantitative estimate of drug-likeness (QED) is 0.529. The van der Waals surface area contributed by atoms with Gasteiger partial charge in [-0.2, -0.15) is 0 Å². The molecule has 0 saturated carbocycles. The van der Waals surface area contributed by atoms with Gasteiger partial charge in [0.1, 0.15) is 5.60 Å². The third-order valence-electron chi connectivity index (χ3n) is 4.33. The van der Waals surface area contributed by atoms with E-state index in [1.807, 2.05) is 27.7 Å². The third kappa shape index (κ3) is 8.02. The Balaban J connectivity index is 5.02. The number of alkyl carbamates (subject to hydrolysis) is 1. The van der Waals surface area contributed by atoms with Crippen molar-refractivity contribution >= 4 is 14.4 Å². The second kappa shape index (κ2) is 8.33. The van der Waals surface area contributed by atoms with Gasteiger partial charge >= 0.3 is 6.09 Å². The van der Waals surface area contributed by atoms with Crippen LogP contribution in [0, 0.1) is 0 Å². The Hall–Kier alpha value is -0.813. The van der Waals surface area contributed by atoms with Gasteiger partial charge in [-0.05, 0) is 52.2 Å². The number of rotatable bonds is 6. The third-order valence-corrected chi connectivity index (χ3v) is 8.84. The van der Waals surface area contributed by atoms with E-state index in [0.717, 1.165) is 12.0 Å². The highest BCUT2D eigenvalue weighted by Gasteiger charge is 2.38. The molecule has 0 heterocycles. The highest BCUT2D eigenvalue weighted by molar-refractivity contribution is 6.74. The van der Waals surface area contributed by atoms with Gasteiger partial charge in [0.05, 0.1) is 12.6 Å². The molecule has 0 aliphatic rings. The van der Waals surface area contributed by atoms with Crippen LogP contribution in [0.2, 0.25) is 18.1 Å². The highest BCUT2D eigenvalue weighted by Crippen LogP contribution is 2.36. The minimum absolute atomic E-state index is 0.144. The summed E-state index contributed by atoms with van der Waals surface area (Å²) < 4.78 is 11.7. The van der Waals surface area contributed by atoms with E-state index in [2.05, 4.69) is 52.2 Å². The van der Waals surface area contributed by atoms with E-state index in [1.54, 1.807) is 0 Å². The van der Waals surface area contributed by atoms with Crippen LogP contribution >= 0.6 is 0 Å². The molecule has 5 heteroatoms. The van der Waals surface area contributed by atoms with Gasteiger partial charge in [-0.15, -0.1) is 0 Å². The Bertz CT molecular complexity index is 417. The van der Waals surface area contributed by atoms with E-state index in [4.69, 9.17) is 9.16 Å². The number of hydrogen-bond acceptors (Lipinski definition) is 3. The zero-order valence-corrected chi connectivity index (χ0v) is 17.8. The molecule has 136 valence electrons. The molecule has 0 aromatic heterocycles. The maximum absolute atomic E-state index is 12.1. The van der Waals surface area contributed by atoms with E-state index in [-0.39, 0.29) is 11.1 Å². The van der Waals surface area contributed by atoms with Gasteiger partial charge in [0.25, 0.3) is 0 Å². The number of amides is 1. The predicted molar refractivity (Wildman–Crippen MR) is 100 cm³/mol. The first-order valence-electron chi connectivity index (χ1n) is 8.52. The number of ether oxygens (including phenoxy) is 1. The molecule has 0 aromatic rings.